The van der Waals surface area contributed by atoms with Gasteiger partial charge in [-0.1, -0.05) is 0 Å². The monoisotopic (exact) mass is 278 g/mol. The van der Waals surface area contributed by atoms with E-state index in [0.29, 0.717) is 19.6 Å². The molecule has 2 N–H and O–H groups in total. The molecule has 1 rings (SSSR count). The average Bonchev–Trinajstić information content (AvgIpc) is 3.13. The smallest absolute Gasteiger partial charge is 0.211 e. The maximum atomic E-state index is 11.6. The third-order valence-electron chi connectivity index (χ3n) is 2.93. The van der Waals surface area contributed by atoms with Crippen molar-refractivity contribution in [3.05, 3.63) is 0 Å². The second kappa shape index (κ2) is 8.85. The number of unbranched alkanes of at least 4 members (excludes halogenated alkanes) is 1. The van der Waals surface area contributed by atoms with Crippen LogP contribution in [0.3, 0.4) is 0 Å². The van der Waals surface area contributed by atoms with Crippen LogP contribution in [-0.4, -0.2) is 47.5 Å². The minimum atomic E-state index is -3.09. The number of rotatable bonds is 12. The summed E-state index contributed by atoms with van der Waals surface area (Å²) in [7, 11) is -1.22. The number of sulfonamides is 1. The minimum Gasteiger partial charge on any atom is -0.381 e. The SMILES string of the molecule is CNCCCCS(=O)(=O)NCCCOCC1CC1. The molecule has 0 aromatic carbocycles. The van der Waals surface area contributed by atoms with Crippen LogP contribution in [0.4, 0.5) is 0 Å². The molecule has 6 heteroatoms. The lowest BCUT2D eigenvalue weighted by Crippen LogP contribution is -2.28. The predicted octanol–water partition coefficient (Wildman–Crippen LogP) is 0.722. The molecule has 0 unspecified atom stereocenters. The van der Waals surface area contributed by atoms with E-state index in [4.69, 9.17) is 4.74 Å². The van der Waals surface area contributed by atoms with Gasteiger partial charge in [-0.3, -0.25) is 0 Å². The molecule has 0 amide bonds. The quantitative estimate of drug-likeness (QED) is 0.516. The van der Waals surface area contributed by atoms with Gasteiger partial charge in [-0.25, -0.2) is 13.1 Å². The van der Waals surface area contributed by atoms with Gasteiger partial charge in [-0.15, -0.1) is 0 Å². The second-order valence-corrected chi connectivity index (χ2v) is 6.82. The van der Waals surface area contributed by atoms with Crippen molar-refractivity contribution in [2.45, 2.75) is 32.1 Å². The van der Waals surface area contributed by atoms with E-state index in [2.05, 4.69) is 10.0 Å². The van der Waals surface area contributed by atoms with Crippen LogP contribution in [0.15, 0.2) is 0 Å². The highest BCUT2D eigenvalue weighted by atomic mass is 32.2. The average molecular weight is 278 g/mol. The van der Waals surface area contributed by atoms with E-state index in [0.717, 1.165) is 31.9 Å². The summed E-state index contributed by atoms with van der Waals surface area (Å²) >= 11 is 0. The summed E-state index contributed by atoms with van der Waals surface area (Å²) in [5.74, 6) is 0.992. The van der Waals surface area contributed by atoms with Crippen LogP contribution in [0, 0.1) is 5.92 Å². The van der Waals surface area contributed by atoms with Crippen LogP contribution in [0.1, 0.15) is 32.1 Å². The summed E-state index contributed by atoms with van der Waals surface area (Å²) in [6.07, 6.45) is 4.93. The van der Waals surface area contributed by atoms with Gasteiger partial charge in [0.15, 0.2) is 0 Å². The summed E-state index contributed by atoms with van der Waals surface area (Å²) in [4.78, 5) is 0. The molecule has 0 aromatic rings. The van der Waals surface area contributed by atoms with Crippen molar-refractivity contribution in [2.75, 3.05) is 39.1 Å². The van der Waals surface area contributed by atoms with Gasteiger partial charge in [-0.2, -0.15) is 0 Å². The fraction of sp³-hybridized carbons (Fsp3) is 1.00. The van der Waals surface area contributed by atoms with Gasteiger partial charge < -0.3 is 10.1 Å². The Kier molecular flexibility index (Phi) is 7.81. The van der Waals surface area contributed by atoms with Gasteiger partial charge in [0, 0.05) is 19.8 Å². The summed E-state index contributed by atoms with van der Waals surface area (Å²) in [6.45, 7) is 2.85. The van der Waals surface area contributed by atoms with E-state index in [9.17, 15) is 8.42 Å². The molecule has 0 radical (unpaired) electrons. The third-order valence-corrected chi connectivity index (χ3v) is 4.40. The molecule has 0 saturated heterocycles. The van der Waals surface area contributed by atoms with Crippen LogP contribution in [0.25, 0.3) is 0 Å². The van der Waals surface area contributed by atoms with Crippen molar-refractivity contribution in [2.24, 2.45) is 5.92 Å². The molecule has 18 heavy (non-hydrogen) atoms. The lowest BCUT2D eigenvalue weighted by molar-refractivity contribution is 0.123. The molecule has 0 bridgehead atoms. The van der Waals surface area contributed by atoms with Gasteiger partial charge in [0.1, 0.15) is 0 Å². The standard InChI is InChI=1S/C12H26N2O3S/c1-13-7-2-3-10-18(15,16)14-8-4-9-17-11-12-5-6-12/h12-14H,2-11H2,1H3. The Hall–Kier alpha value is -0.170. The predicted molar refractivity (Wildman–Crippen MR) is 73.1 cm³/mol. The first kappa shape index (κ1) is 15.9. The molecule has 0 atom stereocenters. The van der Waals surface area contributed by atoms with Crippen molar-refractivity contribution >= 4 is 10.0 Å². The molecule has 108 valence electrons. The Balaban J connectivity index is 1.91. The number of ether oxygens (including phenoxy) is 1. The van der Waals surface area contributed by atoms with E-state index in [1.807, 2.05) is 7.05 Å². The Bertz CT molecular complexity index is 302. The van der Waals surface area contributed by atoms with Crippen molar-refractivity contribution in [3.63, 3.8) is 0 Å². The van der Waals surface area contributed by atoms with Gasteiger partial charge in [0.05, 0.1) is 5.75 Å². The van der Waals surface area contributed by atoms with Crippen LogP contribution in [0.2, 0.25) is 0 Å². The van der Waals surface area contributed by atoms with Crippen molar-refractivity contribution in [1.82, 2.24) is 10.0 Å². The van der Waals surface area contributed by atoms with Gasteiger partial charge in [0.2, 0.25) is 10.0 Å². The third kappa shape index (κ3) is 8.85. The zero-order valence-corrected chi connectivity index (χ0v) is 12.1. The topological polar surface area (TPSA) is 67.4 Å². The molecule has 1 aliphatic carbocycles. The Morgan fingerprint density at radius 3 is 2.61 bits per heavy atom. The highest BCUT2D eigenvalue weighted by Gasteiger charge is 2.20. The van der Waals surface area contributed by atoms with E-state index in [1.165, 1.54) is 12.8 Å². The number of nitrogens with one attached hydrogen (secondary N) is 2. The highest BCUT2D eigenvalue weighted by molar-refractivity contribution is 7.89. The molecule has 0 spiro atoms. The van der Waals surface area contributed by atoms with E-state index in [-0.39, 0.29) is 5.75 Å². The molecule has 1 saturated carbocycles. The molecular weight excluding hydrogens is 252 g/mol. The number of hydrogen-bond donors (Lipinski definition) is 2. The van der Waals surface area contributed by atoms with Crippen LogP contribution in [0.5, 0.6) is 0 Å². The van der Waals surface area contributed by atoms with Gasteiger partial charge in [0.25, 0.3) is 0 Å². The lowest BCUT2D eigenvalue weighted by atomic mass is 10.3. The Morgan fingerprint density at radius 2 is 1.94 bits per heavy atom. The maximum absolute atomic E-state index is 11.6. The zero-order chi connectivity index (χ0) is 13.3. The van der Waals surface area contributed by atoms with Gasteiger partial charge in [-0.05, 0) is 51.6 Å². The molecule has 5 nitrogen and oxygen atoms in total. The molecule has 0 aromatic heterocycles. The Labute approximate surface area is 111 Å². The largest absolute Gasteiger partial charge is 0.381 e. The fourth-order valence-corrected chi connectivity index (χ4v) is 2.79. The first-order valence-corrected chi connectivity index (χ1v) is 8.49. The molecule has 1 aliphatic rings. The van der Waals surface area contributed by atoms with Crippen LogP contribution in [-0.2, 0) is 14.8 Å². The minimum absolute atomic E-state index is 0.220. The van der Waals surface area contributed by atoms with E-state index >= 15 is 0 Å². The zero-order valence-electron chi connectivity index (χ0n) is 11.3. The van der Waals surface area contributed by atoms with Crippen LogP contribution >= 0.6 is 0 Å². The van der Waals surface area contributed by atoms with Gasteiger partial charge >= 0.3 is 0 Å². The van der Waals surface area contributed by atoms with Crippen molar-refractivity contribution in [3.8, 4) is 0 Å². The van der Waals surface area contributed by atoms with E-state index in [1.54, 1.807) is 0 Å². The highest BCUT2D eigenvalue weighted by Crippen LogP contribution is 2.28. The lowest BCUT2D eigenvalue weighted by Gasteiger charge is -2.07. The summed E-state index contributed by atoms with van der Waals surface area (Å²) < 4.78 is 31.2. The van der Waals surface area contributed by atoms with Crippen molar-refractivity contribution < 1.29 is 13.2 Å². The molecule has 1 fully saturated rings. The second-order valence-electron chi connectivity index (χ2n) is 4.90. The molecule has 0 heterocycles. The summed E-state index contributed by atoms with van der Waals surface area (Å²) in [6, 6.07) is 0. The maximum Gasteiger partial charge on any atom is 0.211 e. The summed E-state index contributed by atoms with van der Waals surface area (Å²) in [5, 5.41) is 3.00. The Morgan fingerprint density at radius 1 is 1.17 bits per heavy atom. The van der Waals surface area contributed by atoms with E-state index < -0.39 is 10.0 Å². The molecular formula is C12H26N2O3S. The fourth-order valence-electron chi connectivity index (χ4n) is 1.60. The summed E-state index contributed by atoms with van der Waals surface area (Å²) in [5.41, 5.74) is 0. The van der Waals surface area contributed by atoms with Crippen molar-refractivity contribution in [1.29, 1.82) is 0 Å². The first-order valence-electron chi connectivity index (χ1n) is 6.84. The normalized spacial score (nSPS) is 16.1. The number of hydrogen-bond acceptors (Lipinski definition) is 4. The first-order chi connectivity index (χ1) is 8.64. The van der Waals surface area contributed by atoms with Crippen LogP contribution < -0.4 is 10.0 Å². The molecule has 0 aliphatic heterocycles.